The lowest BCUT2D eigenvalue weighted by molar-refractivity contribution is -0.136. The van der Waals surface area contributed by atoms with Crippen molar-refractivity contribution < 1.29 is 18.3 Å². The molecule has 1 aliphatic heterocycles. The fourth-order valence-corrected chi connectivity index (χ4v) is 2.15. The summed E-state index contributed by atoms with van der Waals surface area (Å²) in [6, 6.07) is -0.686. The monoisotopic (exact) mass is 206 g/mol. The number of alkyl halides is 2. The lowest BCUT2D eigenvalue weighted by Gasteiger charge is -2.45. The molecule has 2 fully saturated rings. The van der Waals surface area contributed by atoms with Crippen LogP contribution in [0.1, 0.15) is 6.42 Å². The predicted octanol–water partition coefficient (Wildman–Crippen LogP) is -0.518. The molecule has 14 heavy (non-hydrogen) atoms. The Balaban J connectivity index is 1.90. The van der Waals surface area contributed by atoms with E-state index in [0.717, 1.165) is 6.42 Å². The Kier molecular flexibility index (Phi) is 2.40. The molecule has 3 N–H and O–H groups in total. The first-order valence-corrected chi connectivity index (χ1v) is 4.57. The summed E-state index contributed by atoms with van der Waals surface area (Å²) in [5, 5.41) is 2.20. The van der Waals surface area contributed by atoms with Gasteiger partial charge in [-0.2, -0.15) is 8.78 Å². The second kappa shape index (κ2) is 3.43. The molecule has 1 aliphatic carbocycles. The summed E-state index contributed by atoms with van der Waals surface area (Å²) in [4.78, 5) is 10.7. The molecule has 2 aliphatic rings. The van der Waals surface area contributed by atoms with Gasteiger partial charge in [0.05, 0.1) is 12.1 Å². The van der Waals surface area contributed by atoms with Crippen LogP contribution in [-0.4, -0.2) is 37.1 Å². The normalized spacial score (nSPS) is 40.6. The van der Waals surface area contributed by atoms with Crippen LogP contribution in [-0.2, 0) is 9.53 Å². The minimum Gasteiger partial charge on any atom is -0.376 e. The van der Waals surface area contributed by atoms with Gasteiger partial charge in [-0.1, -0.05) is 0 Å². The summed E-state index contributed by atoms with van der Waals surface area (Å²) < 4.78 is 29.1. The molecule has 4 nitrogen and oxygen atoms in total. The minimum absolute atomic E-state index is 0.160. The zero-order valence-electron chi connectivity index (χ0n) is 7.45. The van der Waals surface area contributed by atoms with Crippen molar-refractivity contribution in [1.82, 2.24) is 5.32 Å². The van der Waals surface area contributed by atoms with E-state index in [2.05, 4.69) is 5.32 Å². The maximum absolute atomic E-state index is 11.9. The number of hydrogen-bond acceptors (Lipinski definition) is 3. The molecule has 80 valence electrons. The van der Waals surface area contributed by atoms with E-state index in [0.29, 0.717) is 6.61 Å². The maximum Gasteiger partial charge on any atom is 0.315 e. The third kappa shape index (κ3) is 1.38. The fraction of sp³-hybridized carbons (Fsp3) is 0.875. The van der Waals surface area contributed by atoms with Crippen LogP contribution in [0, 0.1) is 5.92 Å². The van der Waals surface area contributed by atoms with Gasteiger partial charge in [-0.05, 0) is 6.42 Å². The second-order valence-electron chi connectivity index (χ2n) is 3.70. The van der Waals surface area contributed by atoms with E-state index < -0.39 is 18.4 Å². The molecular weight excluding hydrogens is 194 g/mol. The van der Waals surface area contributed by atoms with Crippen molar-refractivity contribution >= 4 is 5.91 Å². The van der Waals surface area contributed by atoms with Crippen molar-refractivity contribution in [3.63, 3.8) is 0 Å². The van der Waals surface area contributed by atoms with Gasteiger partial charge in [0.25, 0.3) is 5.91 Å². The van der Waals surface area contributed by atoms with Crippen LogP contribution >= 0.6 is 0 Å². The van der Waals surface area contributed by atoms with Crippen LogP contribution in [0.25, 0.3) is 0 Å². The topological polar surface area (TPSA) is 64.3 Å². The molecule has 1 amide bonds. The molecule has 1 saturated heterocycles. The van der Waals surface area contributed by atoms with Crippen molar-refractivity contribution in [1.29, 1.82) is 0 Å². The van der Waals surface area contributed by atoms with E-state index in [4.69, 9.17) is 10.5 Å². The number of halogens is 2. The largest absolute Gasteiger partial charge is 0.376 e. The quantitative estimate of drug-likeness (QED) is 0.639. The molecule has 2 rings (SSSR count). The van der Waals surface area contributed by atoms with Gasteiger partial charge in [0.2, 0.25) is 0 Å². The third-order valence-corrected chi connectivity index (χ3v) is 2.95. The SMILES string of the molecule is NC1C2CCOC2C1NC(=O)C(F)F. The lowest BCUT2D eigenvalue weighted by atomic mass is 9.72. The number of ether oxygens (including phenoxy) is 1. The Morgan fingerprint density at radius 1 is 1.57 bits per heavy atom. The number of carbonyl (C=O) groups excluding carboxylic acids is 1. The summed E-state index contributed by atoms with van der Waals surface area (Å²) in [6.45, 7) is 0.601. The van der Waals surface area contributed by atoms with Gasteiger partial charge in [-0.25, -0.2) is 0 Å². The van der Waals surface area contributed by atoms with E-state index in [1.807, 2.05) is 0 Å². The summed E-state index contributed by atoms with van der Waals surface area (Å²) >= 11 is 0. The van der Waals surface area contributed by atoms with E-state index in [-0.39, 0.29) is 18.1 Å². The lowest BCUT2D eigenvalue weighted by Crippen LogP contribution is -2.69. The van der Waals surface area contributed by atoms with Crippen LogP contribution < -0.4 is 11.1 Å². The van der Waals surface area contributed by atoms with Crippen molar-refractivity contribution in [2.75, 3.05) is 6.61 Å². The summed E-state index contributed by atoms with van der Waals surface area (Å²) in [7, 11) is 0. The fourth-order valence-electron chi connectivity index (χ4n) is 2.15. The van der Waals surface area contributed by atoms with Crippen LogP contribution in [0.5, 0.6) is 0 Å². The summed E-state index contributed by atoms with van der Waals surface area (Å²) in [5.74, 6) is -1.04. The molecule has 0 spiro atoms. The third-order valence-electron chi connectivity index (χ3n) is 2.95. The molecule has 0 bridgehead atoms. The molecule has 4 atom stereocenters. The highest BCUT2D eigenvalue weighted by Crippen LogP contribution is 2.37. The zero-order chi connectivity index (χ0) is 10.3. The van der Waals surface area contributed by atoms with Crippen molar-refractivity contribution in [2.45, 2.75) is 31.0 Å². The zero-order valence-corrected chi connectivity index (χ0v) is 7.45. The molecule has 0 aromatic rings. The number of rotatable bonds is 2. The van der Waals surface area contributed by atoms with E-state index in [1.54, 1.807) is 0 Å². The number of hydrogen-bond donors (Lipinski definition) is 2. The van der Waals surface area contributed by atoms with E-state index in [9.17, 15) is 13.6 Å². The number of carbonyl (C=O) groups is 1. The van der Waals surface area contributed by atoms with Crippen LogP contribution in [0.15, 0.2) is 0 Å². The van der Waals surface area contributed by atoms with Gasteiger partial charge in [0.15, 0.2) is 0 Å². The number of amides is 1. The van der Waals surface area contributed by atoms with Gasteiger partial charge in [-0.3, -0.25) is 4.79 Å². The standard InChI is InChI=1S/C8H12F2N2O2/c9-7(10)8(13)12-5-4(11)3-1-2-14-6(3)5/h3-7H,1-2,11H2,(H,12,13). The Labute approximate surface area is 79.8 Å². The summed E-state index contributed by atoms with van der Waals surface area (Å²) in [6.07, 6.45) is -2.29. The van der Waals surface area contributed by atoms with Gasteiger partial charge in [0.1, 0.15) is 0 Å². The van der Waals surface area contributed by atoms with E-state index >= 15 is 0 Å². The van der Waals surface area contributed by atoms with Crippen LogP contribution in [0.3, 0.4) is 0 Å². The molecule has 0 aromatic carbocycles. The first kappa shape index (κ1) is 9.79. The molecule has 1 heterocycles. The van der Waals surface area contributed by atoms with Gasteiger partial charge in [-0.15, -0.1) is 0 Å². The number of fused-ring (bicyclic) bond motifs is 1. The average Bonchev–Trinajstić information content (AvgIpc) is 2.57. The Hall–Kier alpha value is -0.750. The molecule has 6 heteroatoms. The van der Waals surface area contributed by atoms with Crippen LogP contribution in [0.4, 0.5) is 8.78 Å². The molecular formula is C8H12F2N2O2. The van der Waals surface area contributed by atoms with Crippen molar-refractivity contribution in [3.8, 4) is 0 Å². The first-order valence-electron chi connectivity index (χ1n) is 4.57. The molecule has 0 aromatic heterocycles. The minimum atomic E-state index is -2.98. The predicted molar refractivity (Wildman–Crippen MR) is 43.8 cm³/mol. The average molecular weight is 206 g/mol. The van der Waals surface area contributed by atoms with Gasteiger partial charge >= 0.3 is 6.43 Å². The molecule has 0 radical (unpaired) electrons. The highest BCUT2D eigenvalue weighted by Gasteiger charge is 2.53. The van der Waals surface area contributed by atoms with Crippen molar-refractivity contribution in [2.24, 2.45) is 11.7 Å². The highest BCUT2D eigenvalue weighted by molar-refractivity contribution is 5.79. The first-order chi connectivity index (χ1) is 6.61. The Morgan fingerprint density at radius 3 is 2.93 bits per heavy atom. The molecule has 4 unspecified atom stereocenters. The Bertz CT molecular complexity index is 249. The smallest absolute Gasteiger partial charge is 0.315 e. The second-order valence-corrected chi connectivity index (χ2v) is 3.70. The summed E-state index contributed by atoms with van der Waals surface area (Å²) in [5.41, 5.74) is 5.72. The number of nitrogens with two attached hydrogens (primary N) is 1. The van der Waals surface area contributed by atoms with E-state index in [1.165, 1.54) is 0 Å². The maximum atomic E-state index is 11.9. The van der Waals surface area contributed by atoms with Crippen LogP contribution in [0.2, 0.25) is 0 Å². The van der Waals surface area contributed by atoms with Gasteiger partial charge in [0, 0.05) is 18.6 Å². The highest BCUT2D eigenvalue weighted by atomic mass is 19.3. The van der Waals surface area contributed by atoms with Crippen molar-refractivity contribution in [3.05, 3.63) is 0 Å². The Morgan fingerprint density at radius 2 is 2.29 bits per heavy atom. The van der Waals surface area contributed by atoms with Gasteiger partial charge < -0.3 is 15.8 Å². The molecule has 1 saturated carbocycles. The number of nitrogens with one attached hydrogen (secondary N) is 1.